The monoisotopic (exact) mass is 212 g/mol. The molecule has 1 heterocycles. The van der Waals surface area contributed by atoms with E-state index >= 15 is 0 Å². The van der Waals surface area contributed by atoms with Gasteiger partial charge in [-0.1, -0.05) is 0 Å². The Morgan fingerprint density at radius 2 is 2.07 bits per heavy atom. The number of carbonyl (C=O) groups is 2. The Balaban J connectivity index is 3.08. The van der Waals surface area contributed by atoms with Crippen LogP contribution in [0.3, 0.4) is 0 Å². The van der Waals surface area contributed by atoms with E-state index in [1.54, 1.807) is 13.8 Å². The fourth-order valence-electron chi connectivity index (χ4n) is 1.17. The number of ether oxygens (including phenoxy) is 2. The first kappa shape index (κ1) is 11.3. The first-order chi connectivity index (χ1) is 7.11. The lowest BCUT2D eigenvalue weighted by molar-refractivity contribution is 0.0504. The summed E-state index contributed by atoms with van der Waals surface area (Å²) in [5, 5.41) is 0. The summed E-state index contributed by atoms with van der Waals surface area (Å²) in [6.45, 7) is 3.50. The molecule has 0 radical (unpaired) electrons. The summed E-state index contributed by atoms with van der Waals surface area (Å²) in [4.78, 5) is 22.7. The van der Waals surface area contributed by atoms with Crippen LogP contribution in [0.5, 0.6) is 0 Å². The van der Waals surface area contributed by atoms with Crippen LogP contribution in [0.4, 0.5) is 0 Å². The Kier molecular flexibility index (Phi) is 3.49. The van der Waals surface area contributed by atoms with Gasteiger partial charge in [-0.25, -0.2) is 9.59 Å². The molecule has 0 saturated heterocycles. The van der Waals surface area contributed by atoms with Crippen molar-refractivity contribution in [1.29, 1.82) is 0 Å². The zero-order valence-corrected chi connectivity index (χ0v) is 8.83. The van der Waals surface area contributed by atoms with Gasteiger partial charge in [-0.3, -0.25) is 0 Å². The van der Waals surface area contributed by atoms with Crippen molar-refractivity contribution in [1.82, 2.24) is 0 Å². The standard InChI is InChI=1S/C10H12O5/c1-4-14-9(11)7-5-15-6(2)8(7)10(12)13-3/h5H,4H2,1-3H3. The minimum Gasteiger partial charge on any atom is -0.468 e. The second-order valence-corrected chi connectivity index (χ2v) is 2.79. The van der Waals surface area contributed by atoms with E-state index in [9.17, 15) is 9.59 Å². The topological polar surface area (TPSA) is 65.7 Å². The molecule has 0 saturated carbocycles. The molecule has 1 rings (SSSR count). The number of rotatable bonds is 3. The number of methoxy groups -OCH3 is 1. The number of hydrogen-bond donors (Lipinski definition) is 0. The Morgan fingerprint density at radius 1 is 1.40 bits per heavy atom. The molecule has 0 amide bonds. The van der Waals surface area contributed by atoms with Gasteiger partial charge in [0, 0.05) is 0 Å². The third-order valence-corrected chi connectivity index (χ3v) is 1.86. The molecule has 1 aromatic heterocycles. The summed E-state index contributed by atoms with van der Waals surface area (Å²) in [6, 6.07) is 0. The summed E-state index contributed by atoms with van der Waals surface area (Å²) >= 11 is 0. The molecule has 0 aliphatic rings. The third-order valence-electron chi connectivity index (χ3n) is 1.86. The average molecular weight is 212 g/mol. The predicted octanol–water partition coefficient (Wildman–Crippen LogP) is 1.55. The van der Waals surface area contributed by atoms with Crippen LogP contribution in [-0.2, 0) is 9.47 Å². The van der Waals surface area contributed by atoms with E-state index < -0.39 is 11.9 Å². The zero-order valence-electron chi connectivity index (χ0n) is 8.83. The highest BCUT2D eigenvalue weighted by Gasteiger charge is 2.24. The van der Waals surface area contributed by atoms with Gasteiger partial charge >= 0.3 is 11.9 Å². The molecule has 0 N–H and O–H groups in total. The molecule has 82 valence electrons. The first-order valence-electron chi connectivity index (χ1n) is 4.45. The van der Waals surface area contributed by atoms with E-state index in [0.717, 1.165) is 0 Å². The van der Waals surface area contributed by atoms with Crippen molar-refractivity contribution in [3.63, 3.8) is 0 Å². The molecule has 15 heavy (non-hydrogen) atoms. The van der Waals surface area contributed by atoms with Crippen LogP contribution >= 0.6 is 0 Å². The highest BCUT2D eigenvalue weighted by Crippen LogP contribution is 2.18. The van der Waals surface area contributed by atoms with E-state index in [-0.39, 0.29) is 17.7 Å². The molecule has 5 heteroatoms. The van der Waals surface area contributed by atoms with Crippen molar-refractivity contribution < 1.29 is 23.5 Å². The molecule has 0 aliphatic carbocycles. The van der Waals surface area contributed by atoms with Gasteiger partial charge in [0.2, 0.25) is 0 Å². The molecule has 0 fully saturated rings. The number of carbonyl (C=O) groups excluding carboxylic acids is 2. The molecular weight excluding hydrogens is 200 g/mol. The Morgan fingerprint density at radius 3 is 2.60 bits per heavy atom. The SMILES string of the molecule is CCOC(=O)c1coc(C)c1C(=O)OC. The third kappa shape index (κ3) is 2.18. The van der Waals surface area contributed by atoms with Gasteiger partial charge in [-0.2, -0.15) is 0 Å². The van der Waals surface area contributed by atoms with Gasteiger partial charge < -0.3 is 13.9 Å². The molecule has 0 aromatic carbocycles. The van der Waals surface area contributed by atoms with Crippen LogP contribution < -0.4 is 0 Å². The molecule has 0 spiro atoms. The number of esters is 2. The second kappa shape index (κ2) is 4.63. The van der Waals surface area contributed by atoms with Crippen molar-refractivity contribution in [3.05, 3.63) is 23.2 Å². The van der Waals surface area contributed by atoms with Crippen LogP contribution in [0, 0.1) is 6.92 Å². The van der Waals surface area contributed by atoms with Crippen molar-refractivity contribution in [2.24, 2.45) is 0 Å². The molecule has 0 unspecified atom stereocenters. The quantitative estimate of drug-likeness (QED) is 0.711. The number of aryl methyl sites for hydroxylation is 1. The van der Waals surface area contributed by atoms with Gasteiger partial charge in [0.1, 0.15) is 23.2 Å². The van der Waals surface area contributed by atoms with Crippen molar-refractivity contribution in [2.75, 3.05) is 13.7 Å². The Hall–Kier alpha value is -1.78. The fraction of sp³-hybridized carbons (Fsp3) is 0.400. The van der Waals surface area contributed by atoms with E-state index in [1.807, 2.05) is 0 Å². The van der Waals surface area contributed by atoms with E-state index in [0.29, 0.717) is 5.76 Å². The van der Waals surface area contributed by atoms with Gasteiger partial charge in [0.25, 0.3) is 0 Å². The van der Waals surface area contributed by atoms with Crippen LogP contribution in [0.2, 0.25) is 0 Å². The second-order valence-electron chi connectivity index (χ2n) is 2.79. The highest BCUT2D eigenvalue weighted by molar-refractivity contribution is 6.03. The lowest BCUT2D eigenvalue weighted by Crippen LogP contribution is -2.11. The van der Waals surface area contributed by atoms with Crippen molar-refractivity contribution >= 4 is 11.9 Å². The lowest BCUT2D eigenvalue weighted by atomic mass is 10.1. The van der Waals surface area contributed by atoms with Gasteiger partial charge in [0.15, 0.2) is 0 Å². The van der Waals surface area contributed by atoms with Crippen LogP contribution in [-0.4, -0.2) is 25.7 Å². The van der Waals surface area contributed by atoms with E-state index in [2.05, 4.69) is 4.74 Å². The van der Waals surface area contributed by atoms with Crippen LogP contribution in [0.1, 0.15) is 33.4 Å². The van der Waals surface area contributed by atoms with Gasteiger partial charge in [0.05, 0.1) is 13.7 Å². The van der Waals surface area contributed by atoms with Crippen LogP contribution in [0.25, 0.3) is 0 Å². The minimum absolute atomic E-state index is 0.0983. The smallest absolute Gasteiger partial charge is 0.342 e. The van der Waals surface area contributed by atoms with Gasteiger partial charge in [-0.05, 0) is 13.8 Å². The lowest BCUT2D eigenvalue weighted by Gasteiger charge is -2.01. The van der Waals surface area contributed by atoms with E-state index in [1.165, 1.54) is 13.4 Å². The average Bonchev–Trinajstić information content (AvgIpc) is 2.59. The maximum atomic E-state index is 11.4. The first-order valence-corrected chi connectivity index (χ1v) is 4.45. The maximum absolute atomic E-state index is 11.4. The van der Waals surface area contributed by atoms with E-state index in [4.69, 9.17) is 9.15 Å². The minimum atomic E-state index is -0.607. The van der Waals surface area contributed by atoms with Crippen molar-refractivity contribution in [3.8, 4) is 0 Å². The number of hydrogen-bond acceptors (Lipinski definition) is 5. The van der Waals surface area contributed by atoms with Gasteiger partial charge in [-0.15, -0.1) is 0 Å². The summed E-state index contributed by atoms with van der Waals surface area (Å²) in [5.41, 5.74) is 0.220. The Labute approximate surface area is 87.0 Å². The molecule has 0 atom stereocenters. The fourth-order valence-corrected chi connectivity index (χ4v) is 1.17. The molecule has 1 aromatic rings. The summed E-state index contributed by atoms with van der Waals surface area (Å²) < 4.78 is 14.3. The Bertz CT molecular complexity index is 377. The van der Waals surface area contributed by atoms with Crippen molar-refractivity contribution in [2.45, 2.75) is 13.8 Å². The molecule has 0 aliphatic heterocycles. The predicted molar refractivity (Wildman–Crippen MR) is 50.7 cm³/mol. The maximum Gasteiger partial charge on any atom is 0.342 e. The molecule has 0 bridgehead atoms. The normalized spacial score (nSPS) is 9.80. The zero-order chi connectivity index (χ0) is 11.4. The molecule has 5 nitrogen and oxygen atoms in total. The number of furan rings is 1. The highest BCUT2D eigenvalue weighted by atomic mass is 16.5. The molecular formula is C10H12O5. The summed E-state index contributed by atoms with van der Waals surface area (Å²) in [5.74, 6) is -0.857. The van der Waals surface area contributed by atoms with Crippen LogP contribution in [0.15, 0.2) is 10.7 Å². The summed E-state index contributed by atoms with van der Waals surface area (Å²) in [7, 11) is 1.24. The largest absolute Gasteiger partial charge is 0.468 e. The summed E-state index contributed by atoms with van der Waals surface area (Å²) in [6.07, 6.45) is 1.19.